The fraction of sp³-hybridized carbons (Fsp3) is 0.522. The maximum atomic E-state index is 13.2. The number of rotatable bonds is 4. The van der Waals surface area contributed by atoms with E-state index in [1.165, 1.54) is 12.8 Å². The van der Waals surface area contributed by atoms with Gasteiger partial charge in [0.15, 0.2) is 0 Å². The lowest BCUT2D eigenvalue weighted by Crippen LogP contribution is -2.45. The number of benzene rings is 1. The molecule has 3 heterocycles. The lowest BCUT2D eigenvalue weighted by molar-refractivity contribution is 0.126. The van der Waals surface area contributed by atoms with Crippen LogP contribution in [0.3, 0.4) is 0 Å². The number of ether oxygens (including phenoxy) is 2. The molecule has 0 spiro atoms. The Kier molecular flexibility index (Phi) is 5.19. The molecular weight excluding hydrogens is 380 g/mol. The fourth-order valence-electron chi connectivity index (χ4n) is 5.08. The van der Waals surface area contributed by atoms with E-state index in [0.717, 1.165) is 24.2 Å². The second-order valence-electron chi connectivity index (χ2n) is 8.55. The molecule has 3 aliphatic rings. The Morgan fingerprint density at radius 2 is 2.10 bits per heavy atom. The van der Waals surface area contributed by atoms with Crippen LogP contribution < -0.4 is 14.8 Å². The van der Waals surface area contributed by atoms with E-state index in [1.54, 1.807) is 12.3 Å². The first kappa shape index (κ1) is 19.2. The molecule has 2 aromatic rings. The Balaban J connectivity index is 1.37. The third-order valence-corrected chi connectivity index (χ3v) is 6.59. The minimum Gasteiger partial charge on any atom is -0.493 e. The van der Waals surface area contributed by atoms with Crippen LogP contribution in [0.15, 0.2) is 36.5 Å². The zero-order chi connectivity index (χ0) is 20.5. The Labute approximate surface area is 176 Å². The van der Waals surface area contributed by atoms with Crippen molar-refractivity contribution in [1.29, 1.82) is 0 Å². The second kappa shape index (κ2) is 8.13. The number of para-hydroxylation sites is 1. The number of nitrogens with one attached hydrogen (secondary N) is 1. The molecule has 0 bridgehead atoms. The highest BCUT2D eigenvalue weighted by molar-refractivity contribution is 5.76. The van der Waals surface area contributed by atoms with Crippen molar-refractivity contribution in [2.75, 3.05) is 19.8 Å². The molecule has 158 valence electrons. The Morgan fingerprint density at radius 1 is 1.27 bits per heavy atom. The molecule has 0 radical (unpaired) electrons. The Morgan fingerprint density at radius 3 is 2.93 bits per heavy atom. The summed E-state index contributed by atoms with van der Waals surface area (Å²) < 4.78 is 12.1. The molecule has 1 saturated carbocycles. The van der Waals surface area contributed by atoms with Gasteiger partial charge < -0.3 is 19.7 Å². The van der Waals surface area contributed by atoms with E-state index in [9.17, 15) is 4.79 Å². The molecule has 1 aromatic carbocycles. The smallest absolute Gasteiger partial charge is 0.318 e. The van der Waals surface area contributed by atoms with E-state index in [-0.39, 0.29) is 23.9 Å². The number of nitrogens with zero attached hydrogens (tertiary/aromatic N) is 3. The van der Waals surface area contributed by atoms with Crippen molar-refractivity contribution in [3.05, 3.63) is 47.9 Å². The van der Waals surface area contributed by atoms with Crippen LogP contribution in [0.1, 0.15) is 43.1 Å². The number of hydrogen-bond acceptors (Lipinski definition) is 5. The minimum atomic E-state index is 0.0112. The first-order chi connectivity index (χ1) is 14.7. The van der Waals surface area contributed by atoms with Gasteiger partial charge in [0.05, 0.1) is 19.3 Å². The number of likely N-dealkylation sites (tertiary alicyclic amines) is 1. The number of fused-ring (bicyclic) bond motifs is 3. The number of urea groups is 1. The molecule has 1 N–H and O–H groups in total. The summed E-state index contributed by atoms with van der Waals surface area (Å²) in [5.41, 5.74) is 1.09. The van der Waals surface area contributed by atoms with E-state index >= 15 is 0 Å². The molecule has 0 unspecified atom stereocenters. The van der Waals surface area contributed by atoms with Crippen molar-refractivity contribution in [2.24, 2.45) is 11.8 Å². The highest BCUT2D eigenvalue weighted by atomic mass is 16.5. The lowest BCUT2D eigenvalue weighted by atomic mass is 9.86. The highest BCUT2D eigenvalue weighted by Crippen LogP contribution is 2.47. The van der Waals surface area contributed by atoms with Crippen molar-refractivity contribution in [3.8, 4) is 11.6 Å². The Bertz CT molecular complexity index is 915. The van der Waals surface area contributed by atoms with Gasteiger partial charge in [-0.05, 0) is 25.8 Å². The molecule has 1 saturated heterocycles. The maximum Gasteiger partial charge on any atom is 0.318 e. The number of carbonyl (C=O) groups excluding carboxylic acids is 1. The number of hydrogen-bond donors (Lipinski definition) is 1. The molecule has 30 heavy (non-hydrogen) atoms. The predicted molar refractivity (Wildman–Crippen MR) is 111 cm³/mol. The topological polar surface area (TPSA) is 76.6 Å². The van der Waals surface area contributed by atoms with Crippen LogP contribution in [-0.4, -0.2) is 46.7 Å². The molecule has 2 fully saturated rings. The van der Waals surface area contributed by atoms with Crippen LogP contribution in [0.5, 0.6) is 11.6 Å². The summed E-state index contributed by atoms with van der Waals surface area (Å²) in [5, 5.41) is 3.27. The number of carbonyl (C=O) groups is 1. The van der Waals surface area contributed by atoms with Crippen LogP contribution in [0, 0.1) is 18.8 Å². The van der Waals surface area contributed by atoms with Gasteiger partial charge in [-0.3, -0.25) is 0 Å². The van der Waals surface area contributed by atoms with E-state index in [1.807, 2.05) is 30.0 Å². The van der Waals surface area contributed by atoms with Crippen molar-refractivity contribution in [1.82, 2.24) is 20.2 Å². The van der Waals surface area contributed by atoms with E-state index in [4.69, 9.17) is 9.47 Å². The molecule has 7 heteroatoms. The van der Waals surface area contributed by atoms with E-state index in [2.05, 4.69) is 21.4 Å². The van der Waals surface area contributed by atoms with Crippen molar-refractivity contribution in [3.63, 3.8) is 0 Å². The van der Waals surface area contributed by atoms with Crippen LogP contribution in [0.25, 0.3) is 0 Å². The summed E-state index contributed by atoms with van der Waals surface area (Å²) in [5.74, 6) is 2.50. The lowest BCUT2D eigenvalue weighted by Gasteiger charge is -2.34. The van der Waals surface area contributed by atoms with Crippen molar-refractivity contribution in [2.45, 2.75) is 44.7 Å². The average Bonchev–Trinajstić information content (AvgIpc) is 3.40. The van der Waals surface area contributed by atoms with Crippen molar-refractivity contribution < 1.29 is 14.3 Å². The van der Waals surface area contributed by atoms with Crippen LogP contribution >= 0.6 is 0 Å². The monoisotopic (exact) mass is 408 g/mol. The van der Waals surface area contributed by atoms with Crippen LogP contribution in [0.2, 0.25) is 0 Å². The molecule has 7 nitrogen and oxygen atoms in total. The van der Waals surface area contributed by atoms with E-state index in [0.29, 0.717) is 37.5 Å². The maximum absolute atomic E-state index is 13.2. The predicted octanol–water partition coefficient (Wildman–Crippen LogP) is 3.50. The second-order valence-corrected chi connectivity index (χ2v) is 8.55. The number of aryl methyl sites for hydroxylation is 1. The molecule has 1 aliphatic carbocycles. The van der Waals surface area contributed by atoms with Gasteiger partial charge in [-0.2, -0.15) is 4.98 Å². The molecular formula is C23H28N4O3. The summed E-state index contributed by atoms with van der Waals surface area (Å²) in [6.07, 6.45) is 6.25. The van der Waals surface area contributed by atoms with Crippen LogP contribution in [0.4, 0.5) is 4.79 Å². The first-order valence-electron chi connectivity index (χ1n) is 10.9. The van der Waals surface area contributed by atoms with Gasteiger partial charge in [-0.15, -0.1) is 0 Å². The quantitative estimate of drug-likeness (QED) is 0.838. The third kappa shape index (κ3) is 3.68. The summed E-state index contributed by atoms with van der Waals surface area (Å²) >= 11 is 0. The number of amides is 2. The van der Waals surface area contributed by atoms with Gasteiger partial charge in [0, 0.05) is 42.2 Å². The fourth-order valence-corrected chi connectivity index (χ4v) is 5.08. The largest absolute Gasteiger partial charge is 0.493 e. The van der Waals surface area contributed by atoms with Gasteiger partial charge in [0.2, 0.25) is 5.88 Å². The third-order valence-electron chi connectivity index (χ3n) is 6.59. The van der Waals surface area contributed by atoms with Gasteiger partial charge in [0.25, 0.3) is 0 Å². The zero-order valence-electron chi connectivity index (χ0n) is 17.3. The summed E-state index contributed by atoms with van der Waals surface area (Å²) in [4.78, 5) is 23.7. The summed E-state index contributed by atoms with van der Waals surface area (Å²) in [7, 11) is 0. The average molecular weight is 409 g/mol. The molecule has 1 aromatic heterocycles. The van der Waals surface area contributed by atoms with Gasteiger partial charge >= 0.3 is 6.03 Å². The Hall–Kier alpha value is -2.83. The normalized spacial score (nSPS) is 25.4. The highest BCUT2D eigenvalue weighted by Gasteiger charge is 2.48. The van der Waals surface area contributed by atoms with Gasteiger partial charge in [-0.25, -0.2) is 9.78 Å². The minimum absolute atomic E-state index is 0.0112. The van der Waals surface area contributed by atoms with Crippen molar-refractivity contribution >= 4 is 6.03 Å². The molecule has 2 amide bonds. The molecule has 2 aliphatic heterocycles. The standard InChI is InChI=1S/C23H28N4O3/c1-15-24-11-10-21(25-15)30-13-16-12-27(23(28)26-17-6-2-3-7-17)22-18-8-4-5-9-20(18)29-14-19(16)22/h4-5,8-11,16-17,19,22H,2-3,6-7,12-14H2,1H3,(H,26,28)/t16-,19-,22-/m0/s1. The van der Waals surface area contributed by atoms with Gasteiger partial charge in [0.1, 0.15) is 11.6 Å². The zero-order valence-corrected chi connectivity index (χ0v) is 17.3. The summed E-state index contributed by atoms with van der Waals surface area (Å²) in [6.45, 7) is 3.58. The molecule has 3 atom stereocenters. The van der Waals surface area contributed by atoms with E-state index < -0.39 is 0 Å². The van der Waals surface area contributed by atoms with Crippen LogP contribution in [-0.2, 0) is 0 Å². The summed E-state index contributed by atoms with van der Waals surface area (Å²) in [6, 6.07) is 10.2. The SMILES string of the molecule is Cc1nccc(OC[C@@H]2CN(C(=O)NC3CCCC3)[C@H]3c4ccccc4OC[C@@H]23)n1. The van der Waals surface area contributed by atoms with Gasteiger partial charge in [-0.1, -0.05) is 31.0 Å². The number of aromatic nitrogens is 2. The molecule has 5 rings (SSSR count). The first-order valence-corrected chi connectivity index (χ1v) is 10.9.